The number of methoxy groups -OCH3 is 1. The number of allylic oxidation sites excluding steroid dienone is 1. The van der Waals surface area contributed by atoms with Crippen molar-refractivity contribution in [2.75, 3.05) is 7.11 Å². The Morgan fingerprint density at radius 3 is 2.83 bits per heavy atom. The molecule has 0 fully saturated rings. The fourth-order valence-electron chi connectivity index (χ4n) is 1.89. The molecule has 1 aromatic carbocycles. The molecule has 0 radical (unpaired) electrons. The number of carbonyl (C=O) groups is 1. The zero-order chi connectivity index (χ0) is 13.0. The first-order chi connectivity index (χ1) is 8.76. The molecule has 1 aromatic heterocycles. The molecule has 3 heteroatoms. The highest BCUT2D eigenvalue weighted by Crippen LogP contribution is 2.30. The number of hydrogen-bond acceptors (Lipinski definition) is 3. The third-order valence-corrected chi connectivity index (χ3v) is 2.84. The number of carbonyl (C=O) groups excluding carboxylic acids is 1. The molecule has 0 aliphatic heterocycles. The van der Waals surface area contributed by atoms with Crippen molar-refractivity contribution in [3.8, 4) is 0 Å². The summed E-state index contributed by atoms with van der Waals surface area (Å²) in [6, 6.07) is 8.19. The molecule has 3 rings (SSSR count). The maximum atomic E-state index is 9.96. The van der Waals surface area contributed by atoms with Gasteiger partial charge in [0.1, 0.15) is 11.3 Å². The summed E-state index contributed by atoms with van der Waals surface area (Å²) in [5.41, 5.74) is 2.34. The number of para-hydroxylation sites is 1. The van der Waals surface area contributed by atoms with Crippen LogP contribution in [0.2, 0.25) is 0 Å². The van der Waals surface area contributed by atoms with Gasteiger partial charge >= 0.3 is 5.97 Å². The second-order valence-corrected chi connectivity index (χ2v) is 3.98. The summed E-state index contributed by atoms with van der Waals surface area (Å²) in [7, 11) is 1.38. The van der Waals surface area contributed by atoms with Gasteiger partial charge in [0.25, 0.3) is 0 Å². The first-order valence-corrected chi connectivity index (χ1v) is 6.00. The van der Waals surface area contributed by atoms with Crippen LogP contribution in [0.1, 0.15) is 24.7 Å². The van der Waals surface area contributed by atoms with Crippen LogP contribution in [0.25, 0.3) is 17.0 Å². The van der Waals surface area contributed by atoms with Crippen LogP contribution in [0.5, 0.6) is 0 Å². The molecule has 0 N–H and O–H groups in total. The molecule has 0 amide bonds. The van der Waals surface area contributed by atoms with Gasteiger partial charge in [0.05, 0.1) is 7.11 Å². The summed E-state index contributed by atoms with van der Waals surface area (Å²) in [4.78, 5) is 9.96. The molecular formula is C15H16O3. The summed E-state index contributed by atoms with van der Waals surface area (Å²) in [5.74, 6) is 0.881. The van der Waals surface area contributed by atoms with Crippen molar-refractivity contribution >= 4 is 23.0 Å². The number of ether oxygens (including phenoxy) is 1. The molecule has 1 aliphatic carbocycles. The lowest BCUT2D eigenvalue weighted by atomic mass is 10.1. The number of fused-ring (bicyclic) bond motifs is 3. The van der Waals surface area contributed by atoms with Crippen molar-refractivity contribution in [2.45, 2.75) is 19.8 Å². The van der Waals surface area contributed by atoms with E-state index in [9.17, 15) is 4.79 Å². The van der Waals surface area contributed by atoms with E-state index in [0.717, 1.165) is 17.8 Å². The molecule has 94 valence electrons. The van der Waals surface area contributed by atoms with Crippen LogP contribution in [0.4, 0.5) is 0 Å². The Bertz CT molecular complexity index is 572. The van der Waals surface area contributed by atoms with Gasteiger partial charge in [-0.25, -0.2) is 0 Å². The normalized spacial score (nSPS) is 11.9. The Morgan fingerprint density at radius 1 is 1.39 bits per heavy atom. The highest BCUT2D eigenvalue weighted by molar-refractivity contribution is 5.86. The summed E-state index contributed by atoms with van der Waals surface area (Å²) in [5, 5.41) is 1.26. The second-order valence-electron chi connectivity index (χ2n) is 3.98. The van der Waals surface area contributed by atoms with Gasteiger partial charge in [0.15, 0.2) is 0 Å². The molecular weight excluding hydrogens is 228 g/mol. The van der Waals surface area contributed by atoms with Gasteiger partial charge in [-0.1, -0.05) is 31.2 Å². The standard InChI is InChI=1S/C11H8O.C4H8O2/c1-2-6-10-8(4-1)9-5-3-7-11(9)12-10;1-3-4(5)6-2/h1-4,6-7H,5H2;3H2,1-2H3. The Kier molecular flexibility index (Phi) is 3.82. The van der Waals surface area contributed by atoms with E-state index < -0.39 is 0 Å². The van der Waals surface area contributed by atoms with E-state index in [0.29, 0.717) is 6.42 Å². The van der Waals surface area contributed by atoms with Crippen molar-refractivity contribution < 1.29 is 13.9 Å². The minimum atomic E-state index is -0.157. The minimum absolute atomic E-state index is 0.157. The highest BCUT2D eigenvalue weighted by Gasteiger charge is 2.13. The minimum Gasteiger partial charge on any atom is -0.469 e. The number of hydrogen-bond donors (Lipinski definition) is 0. The van der Waals surface area contributed by atoms with Crippen LogP contribution in [-0.4, -0.2) is 13.1 Å². The molecule has 0 unspecified atom stereocenters. The lowest BCUT2D eigenvalue weighted by Gasteiger charge is -1.87. The fraction of sp³-hybridized carbons (Fsp3) is 0.267. The Morgan fingerprint density at radius 2 is 2.17 bits per heavy atom. The summed E-state index contributed by atoms with van der Waals surface area (Å²) >= 11 is 0. The van der Waals surface area contributed by atoms with Crippen molar-refractivity contribution in [2.24, 2.45) is 0 Å². The largest absolute Gasteiger partial charge is 0.469 e. The van der Waals surface area contributed by atoms with Gasteiger partial charge in [-0.2, -0.15) is 0 Å². The van der Waals surface area contributed by atoms with Gasteiger partial charge in [0.2, 0.25) is 0 Å². The third-order valence-electron chi connectivity index (χ3n) is 2.84. The van der Waals surface area contributed by atoms with Gasteiger partial charge in [-0.15, -0.1) is 0 Å². The molecule has 0 saturated heterocycles. The van der Waals surface area contributed by atoms with Gasteiger partial charge < -0.3 is 9.15 Å². The van der Waals surface area contributed by atoms with Crippen molar-refractivity contribution in [1.29, 1.82) is 0 Å². The molecule has 1 heterocycles. The lowest BCUT2D eigenvalue weighted by Crippen LogP contribution is -1.94. The maximum absolute atomic E-state index is 9.96. The first kappa shape index (κ1) is 12.4. The molecule has 0 atom stereocenters. The van der Waals surface area contributed by atoms with Crippen LogP contribution >= 0.6 is 0 Å². The van der Waals surface area contributed by atoms with Crippen LogP contribution in [0.15, 0.2) is 34.8 Å². The molecule has 0 spiro atoms. The number of furan rings is 1. The van der Waals surface area contributed by atoms with Crippen molar-refractivity contribution in [3.63, 3.8) is 0 Å². The fourth-order valence-corrected chi connectivity index (χ4v) is 1.89. The predicted octanol–water partition coefficient (Wildman–Crippen LogP) is 3.57. The smallest absolute Gasteiger partial charge is 0.305 e. The lowest BCUT2D eigenvalue weighted by molar-refractivity contribution is -0.140. The third kappa shape index (κ3) is 2.45. The van der Waals surface area contributed by atoms with Crippen molar-refractivity contribution in [3.05, 3.63) is 41.7 Å². The quantitative estimate of drug-likeness (QED) is 0.720. The molecule has 3 nitrogen and oxygen atoms in total. The van der Waals surface area contributed by atoms with Crippen LogP contribution in [0, 0.1) is 0 Å². The predicted molar refractivity (Wildman–Crippen MR) is 71.3 cm³/mol. The molecule has 2 aromatic rings. The first-order valence-electron chi connectivity index (χ1n) is 6.00. The molecule has 18 heavy (non-hydrogen) atoms. The SMILES string of the molecule is C1=Cc2oc3ccccc3c2C1.CCC(=O)OC. The van der Waals surface area contributed by atoms with Crippen molar-refractivity contribution in [1.82, 2.24) is 0 Å². The van der Waals surface area contributed by atoms with Crippen LogP contribution < -0.4 is 0 Å². The van der Waals surface area contributed by atoms with Gasteiger partial charge in [-0.05, 0) is 18.6 Å². The average molecular weight is 244 g/mol. The number of esters is 1. The zero-order valence-electron chi connectivity index (χ0n) is 10.6. The van der Waals surface area contributed by atoms with E-state index in [1.54, 1.807) is 6.92 Å². The van der Waals surface area contributed by atoms with Gasteiger partial charge in [-0.3, -0.25) is 4.79 Å². The number of benzene rings is 1. The number of rotatable bonds is 1. The summed E-state index contributed by atoms with van der Waals surface area (Å²) < 4.78 is 9.88. The molecule has 0 bridgehead atoms. The maximum Gasteiger partial charge on any atom is 0.305 e. The van der Waals surface area contributed by atoms with E-state index in [-0.39, 0.29) is 5.97 Å². The molecule has 1 aliphatic rings. The van der Waals surface area contributed by atoms with E-state index in [2.05, 4.69) is 29.0 Å². The van der Waals surface area contributed by atoms with E-state index in [1.807, 2.05) is 12.1 Å². The van der Waals surface area contributed by atoms with Crippen LogP contribution in [0.3, 0.4) is 0 Å². The summed E-state index contributed by atoms with van der Waals surface area (Å²) in [6.45, 7) is 1.76. The monoisotopic (exact) mass is 244 g/mol. The topological polar surface area (TPSA) is 39.4 Å². The van der Waals surface area contributed by atoms with E-state index >= 15 is 0 Å². The Balaban J connectivity index is 0.000000174. The Hall–Kier alpha value is -2.03. The second kappa shape index (κ2) is 5.54. The highest BCUT2D eigenvalue weighted by atomic mass is 16.5. The Labute approximate surface area is 106 Å². The zero-order valence-corrected chi connectivity index (χ0v) is 10.6. The van der Waals surface area contributed by atoms with E-state index in [1.165, 1.54) is 18.1 Å². The summed E-state index contributed by atoms with van der Waals surface area (Å²) in [6.07, 6.45) is 5.68. The van der Waals surface area contributed by atoms with E-state index in [4.69, 9.17) is 4.42 Å². The molecule has 0 saturated carbocycles. The van der Waals surface area contributed by atoms with Crippen LogP contribution in [-0.2, 0) is 16.0 Å². The average Bonchev–Trinajstić information content (AvgIpc) is 2.99. The van der Waals surface area contributed by atoms with Gasteiger partial charge in [0, 0.05) is 17.4 Å².